The Morgan fingerprint density at radius 1 is 1.00 bits per heavy atom. The largest absolute Gasteiger partial charge is 0.488 e. The highest BCUT2D eigenvalue weighted by atomic mass is 32.2. The molecule has 1 atom stereocenters. The summed E-state index contributed by atoms with van der Waals surface area (Å²) >= 11 is 0. The average molecular weight is 495 g/mol. The van der Waals surface area contributed by atoms with Crippen LogP contribution in [0, 0.1) is 11.6 Å². The van der Waals surface area contributed by atoms with E-state index in [1.807, 2.05) is 0 Å². The number of hydrogen-bond donors (Lipinski definition) is 0. The molecule has 0 bridgehead atoms. The molecular formula is C22H23F6NO3S. The van der Waals surface area contributed by atoms with E-state index in [2.05, 4.69) is 9.13 Å². The van der Waals surface area contributed by atoms with Gasteiger partial charge in [0.2, 0.25) is 0 Å². The van der Waals surface area contributed by atoms with Crippen molar-refractivity contribution in [2.24, 2.45) is 4.40 Å². The number of alkyl halides is 4. The fourth-order valence-corrected chi connectivity index (χ4v) is 3.10. The number of halogens is 6. The Morgan fingerprint density at radius 3 is 2.18 bits per heavy atom. The van der Waals surface area contributed by atoms with E-state index in [4.69, 9.17) is 4.74 Å². The van der Waals surface area contributed by atoms with E-state index in [1.165, 1.54) is 12.1 Å². The molecule has 1 unspecified atom stereocenters. The molecular weight excluding hydrogens is 472 g/mol. The molecule has 0 fully saturated rings. The molecule has 2 rings (SSSR count). The lowest BCUT2D eigenvalue weighted by molar-refractivity contribution is -0.253. The van der Waals surface area contributed by atoms with Gasteiger partial charge in [-0.25, -0.2) is 13.0 Å². The highest BCUT2D eigenvalue weighted by Crippen LogP contribution is 2.30. The van der Waals surface area contributed by atoms with Crippen LogP contribution in [0.25, 0.3) is 0 Å². The van der Waals surface area contributed by atoms with Crippen molar-refractivity contribution in [3.8, 4) is 11.5 Å². The molecule has 4 nitrogen and oxygen atoms in total. The molecule has 0 aliphatic rings. The Bertz CT molecular complexity index is 1050. The summed E-state index contributed by atoms with van der Waals surface area (Å²) in [6.07, 6.45) is -9.42. The first-order valence-corrected chi connectivity index (χ1v) is 10.8. The second-order valence-electron chi connectivity index (χ2n) is 8.25. The average Bonchev–Trinajstić information content (AvgIpc) is 2.65. The maximum absolute atomic E-state index is 14.2. The van der Waals surface area contributed by atoms with Crippen LogP contribution in [0.1, 0.15) is 45.7 Å². The molecule has 0 aliphatic heterocycles. The van der Waals surface area contributed by atoms with Crippen molar-refractivity contribution in [3.05, 3.63) is 59.2 Å². The maximum atomic E-state index is 14.2. The molecule has 0 aliphatic carbocycles. The summed E-state index contributed by atoms with van der Waals surface area (Å²) in [6.45, 7) is 8.17. The normalized spacial score (nSPS) is 14.0. The molecule has 0 radical (unpaired) electrons. The van der Waals surface area contributed by atoms with Crippen LogP contribution >= 0.6 is 0 Å². The predicted octanol–water partition coefficient (Wildman–Crippen LogP) is 6.29. The number of nitrogens with zero attached hydrogens (tertiary/aromatic N) is 1. The molecule has 0 spiro atoms. The summed E-state index contributed by atoms with van der Waals surface area (Å²) in [7, 11) is -1.91. The third-order valence-electron chi connectivity index (χ3n) is 3.92. The highest BCUT2D eigenvalue weighted by Gasteiger charge is 2.44. The zero-order valence-electron chi connectivity index (χ0n) is 18.5. The SMILES string of the molecule is CC(C)Oc1cc(/C(=N/S(=O)C(C)(C)C)c2cc(F)cc(OC(F)(F)C(F)F)c2)ccc1F. The quantitative estimate of drug-likeness (QED) is 0.320. The molecule has 182 valence electrons. The molecule has 0 amide bonds. The lowest BCUT2D eigenvalue weighted by Crippen LogP contribution is -2.33. The Labute approximate surface area is 190 Å². The van der Waals surface area contributed by atoms with E-state index in [0.29, 0.717) is 6.07 Å². The van der Waals surface area contributed by atoms with Gasteiger partial charge in [0.15, 0.2) is 11.6 Å². The minimum absolute atomic E-state index is 0.127. The van der Waals surface area contributed by atoms with E-state index >= 15 is 0 Å². The Balaban J connectivity index is 2.68. The molecule has 0 aromatic heterocycles. The van der Waals surface area contributed by atoms with Crippen LogP contribution in [-0.2, 0) is 11.0 Å². The van der Waals surface area contributed by atoms with E-state index in [1.54, 1.807) is 34.6 Å². The van der Waals surface area contributed by atoms with Gasteiger partial charge in [0.05, 0.1) is 16.6 Å². The molecule has 11 heteroatoms. The highest BCUT2D eigenvalue weighted by molar-refractivity contribution is 7.85. The zero-order chi connectivity index (χ0) is 25.1. The van der Waals surface area contributed by atoms with E-state index in [9.17, 15) is 30.6 Å². The number of benzene rings is 2. The Morgan fingerprint density at radius 2 is 1.64 bits per heavy atom. The fourth-order valence-electron chi connectivity index (χ4n) is 2.45. The number of ether oxygens (including phenoxy) is 2. The first kappa shape index (κ1) is 26.7. The van der Waals surface area contributed by atoms with Gasteiger partial charge in [0.25, 0.3) is 0 Å². The Hall–Kier alpha value is -2.56. The summed E-state index contributed by atoms with van der Waals surface area (Å²) in [5.74, 6) is -2.87. The second-order valence-corrected chi connectivity index (χ2v) is 10.2. The van der Waals surface area contributed by atoms with Gasteiger partial charge in [-0.1, -0.05) is 0 Å². The standard InChI is InChI=1S/C22H23F6NO3S/c1-12(2)31-18-10-13(6-7-17(18)24)19(29-33(30)21(3,4)5)14-8-15(23)11-16(9-14)32-22(27,28)20(25)26/h6-12,20H,1-5H3/b29-19-. The van der Waals surface area contributed by atoms with Gasteiger partial charge >= 0.3 is 12.5 Å². The topological polar surface area (TPSA) is 47.9 Å². The molecule has 2 aromatic rings. The van der Waals surface area contributed by atoms with Crippen molar-refractivity contribution < 1.29 is 40.0 Å². The van der Waals surface area contributed by atoms with Gasteiger partial charge in [0.1, 0.15) is 22.6 Å². The first-order valence-electron chi connectivity index (χ1n) is 9.73. The second kappa shape index (κ2) is 10.1. The van der Waals surface area contributed by atoms with Crippen LogP contribution in [0.3, 0.4) is 0 Å². The zero-order valence-corrected chi connectivity index (χ0v) is 19.3. The Kier molecular flexibility index (Phi) is 8.21. The van der Waals surface area contributed by atoms with Crippen LogP contribution in [0.4, 0.5) is 26.3 Å². The summed E-state index contributed by atoms with van der Waals surface area (Å²) in [5, 5.41) is 0. The number of rotatable bonds is 8. The smallest absolute Gasteiger partial charge is 0.461 e. The summed E-state index contributed by atoms with van der Waals surface area (Å²) in [4.78, 5) is 0. The van der Waals surface area contributed by atoms with Gasteiger partial charge in [0, 0.05) is 17.2 Å². The van der Waals surface area contributed by atoms with Crippen molar-refractivity contribution in [2.75, 3.05) is 0 Å². The summed E-state index contributed by atoms with van der Waals surface area (Å²) < 4.78 is 106. The lowest BCUT2D eigenvalue weighted by Gasteiger charge is -2.19. The minimum Gasteiger partial charge on any atom is -0.488 e. The van der Waals surface area contributed by atoms with Crippen LogP contribution in [0.15, 0.2) is 40.8 Å². The van der Waals surface area contributed by atoms with Crippen molar-refractivity contribution >= 4 is 16.7 Å². The number of hydrogen-bond acceptors (Lipinski definition) is 3. The fraction of sp³-hybridized carbons (Fsp3) is 0.409. The predicted molar refractivity (Wildman–Crippen MR) is 114 cm³/mol. The molecule has 2 aromatic carbocycles. The van der Waals surface area contributed by atoms with Crippen molar-refractivity contribution in [2.45, 2.75) is 58.0 Å². The van der Waals surface area contributed by atoms with Crippen LogP contribution in [0.5, 0.6) is 11.5 Å². The van der Waals surface area contributed by atoms with Gasteiger partial charge < -0.3 is 9.47 Å². The molecule has 0 saturated heterocycles. The molecule has 0 N–H and O–H groups in total. The van der Waals surface area contributed by atoms with Crippen LogP contribution < -0.4 is 9.47 Å². The minimum atomic E-state index is -4.87. The van der Waals surface area contributed by atoms with Gasteiger partial charge in [-0.3, -0.25) is 0 Å². The van der Waals surface area contributed by atoms with Crippen LogP contribution in [-0.4, -0.2) is 33.3 Å². The van der Waals surface area contributed by atoms with Gasteiger partial charge in [-0.15, -0.1) is 0 Å². The van der Waals surface area contributed by atoms with E-state index in [0.717, 1.165) is 18.2 Å². The van der Waals surface area contributed by atoms with Gasteiger partial charge in [-0.2, -0.15) is 22.0 Å². The molecule has 33 heavy (non-hydrogen) atoms. The van der Waals surface area contributed by atoms with Gasteiger partial charge in [-0.05, 0) is 65.0 Å². The molecule has 0 heterocycles. The summed E-state index contributed by atoms with van der Waals surface area (Å²) in [6, 6.07) is 5.75. The third-order valence-corrected chi connectivity index (χ3v) is 5.31. The van der Waals surface area contributed by atoms with Crippen molar-refractivity contribution in [1.82, 2.24) is 0 Å². The first-order chi connectivity index (χ1) is 15.1. The van der Waals surface area contributed by atoms with E-state index in [-0.39, 0.29) is 22.6 Å². The maximum Gasteiger partial charge on any atom is 0.461 e. The molecule has 0 saturated carbocycles. The van der Waals surface area contributed by atoms with E-state index < -0.39 is 51.8 Å². The van der Waals surface area contributed by atoms with Crippen molar-refractivity contribution in [3.63, 3.8) is 0 Å². The monoisotopic (exact) mass is 495 g/mol. The van der Waals surface area contributed by atoms with Crippen molar-refractivity contribution in [1.29, 1.82) is 0 Å². The van der Waals surface area contributed by atoms with Crippen LogP contribution in [0.2, 0.25) is 0 Å². The summed E-state index contributed by atoms with van der Waals surface area (Å²) in [5.41, 5.74) is -0.238. The third kappa shape index (κ3) is 7.21. The lowest BCUT2D eigenvalue weighted by atomic mass is 10.0.